The third-order valence-corrected chi connectivity index (χ3v) is 11.6. The lowest BCUT2D eigenvalue weighted by Gasteiger charge is -1.82. The van der Waals surface area contributed by atoms with Gasteiger partial charge in [-0.25, -0.2) is 0 Å². The molecule has 0 nitrogen and oxygen atoms in total. The average Bonchev–Trinajstić information content (AvgIpc) is 1.62. The van der Waals surface area contributed by atoms with Crippen LogP contribution in [0.5, 0.6) is 0 Å². The molecule has 1 rings (SSSR count). The summed E-state index contributed by atoms with van der Waals surface area (Å²) < 4.78 is 0. The molecule has 0 N–H and O–H groups in total. The van der Waals surface area contributed by atoms with Crippen molar-refractivity contribution in [2.75, 3.05) is 0 Å². The fraction of sp³-hybridized carbons (Fsp3) is 0.500. The molecule has 8 heavy (non-hydrogen) atoms. The molecule has 1 aliphatic rings. The van der Waals surface area contributed by atoms with Crippen molar-refractivity contribution in [3.63, 3.8) is 0 Å². The third-order valence-electron chi connectivity index (χ3n) is 0.739. The van der Waals surface area contributed by atoms with Crippen molar-refractivity contribution in [2.24, 2.45) is 0 Å². The maximum Gasteiger partial charge on any atom is 0.138 e. The predicted octanol–water partition coefficient (Wildman–Crippen LogP) is -0.669. The molecular formula is C4H4Si4. The van der Waals surface area contributed by atoms with E-state index in [0.29, 0.717) is 0 Å². The van der Waals surface area contributed by atoms with E-state index in [-0.39, 0.29) is 0 Å². The molecule has 1 heterocycles. The summed E-state index contributed by atoms with van der Waals surface area (Å²) in [5.41, 5.74) is 3.19. The van der Waals surface area contributed by atoms with Gasteiger partial charge < -0.3 is 0 Å². The summed E-state index contributed by atoms with van der Waals surface area (Å²) in [6.07, 6.45) is 1.17. The molecule has 4 heteroatoms. The first kappa shape index (κ1) is 6.55. The second-order valence-electron chi connectivity index (χ2n) is 1.35. The van der Waals surface area contributed by atoms with Crippen molar-refractivity contribution in [3.05, 3.63) is 0 Å². The normalized spacial score (nSPS) is 16.0. The van der Waals surface area contributed by atoms with Crippen molar-refractivity contribution in [1.82, 2.24) is 0 Å². The topological polar surface area (TPSA) is 0 Å². The number of hydrogen-bond donors (Lipinski definition) is 0. The summed E-state index contributed by atoms with van der Waals surface area (Å²) in [5, 5.41) is 0. The minimum Gasteiger partial charge on any atom is -0.139 e. The number of rotatable bonds is 0. The molecule has 0 aromatic carbocycles. The van der Waals surface area contributed by atoms with E-state index in [4.69, 9.17) is 0 Å². The van der Waals surface area contributed by atoms with E-state index in [0.717, 1.165) is 9.04 Å². The molecule has 0 bridgehead atoms. The van der Waals surface area contributed by atoms with Crippen molar-refractivity contribution in [2.45, 2.75) is 12.5 Å². The third kappa shape index (κ3) is 2.67. The minimum absolute atomic E-state index is 0.976. The summed E-state index contributed by atoms with van der Waals surface area (Å²) in [4.78, 5) is 0. The zero-order valence-corrected chi connectivity index (χ0v) is 8.41. The van der Waals surface area contributed by atoms with Crippen LogP contribution >= 0.6 is 0 Å². The fourth-order valence-electron chi connectivity index (χ4n) is 0.401. The van der Waals surface area contributed by atoms with Crippen LogP contribution in [0.3, 0.4) is 0 Å². The molecule has 0 spiro atoms. The second-order valence-corrected chi connectivity index (χ2v) is 11.0. The Labute approximate surface area is 58.2 Å². The summed E-state index contributed by atoms with van der Waals surface area (Å²) in [7, 11) is 4.65. The molecule has 0 amide bonds. The Morgan fingerprint density at radius 3 is 3.38 bits per heavy atom. The van der Waals surface area contributed by atoms with E-state index in [2.05, 4.69) is 11.5 Å². The Hall–Kier alpha value is 0.428. The lowest BCUT2D eigenvalue weighted by Crippen LogP contribution is -2.05. The van der Waals surface area contributed by atoms with Gasteiger partial charge in [-0.2, -0.15) is 0 Å². The van der Waals surface area contributed by atoms with E-state index in [1.807, 2.05) is 0 Å². The van der Waals surface area contributed by atoms with Crippen LogP contribution in [-0.2, 0) is 0 Å². The van der Waals surface area contributed by atoms with Crippen LogP contribution < -0.4 is 0 Å². The summed E-state index contributed by atoms with van der Waals surface area (Å²) in [6, 6.07) is 1.38. The Morgan fingerprint density at radius 2 is 2.38 bits per heavy atom. The summed E-state index contributed by atoms with van der Waals surface area (Å²) >= 11 is 0. The van der Waals surface area contributed by atoms with Crippen molar-refractivity contribution < 1.29 is 0 Å². The van der Waals surface area contributed by atoms with Crippen molar-refractivity contribution >= 4 is 33.9 Å². The van der Waals surface area contributed by atoms with Gasteiger partial charge in [-0.05, 0) is 6.04 Å². The number of hydrogen-bond acceptors (Lipinski definition) is 0. The maximum absolute atomic E-state index is 3.19. The molecule has 0 aromatic rings. The van der Waals surface area contributed by atoms with E-state index >= 15 is 0 Å². The molecule has 4 radical (unpaired) electrons. The largest absolute Gasteiger partial charge is 0.139 e. The zero-order valence-electron chi connectivity index (χ0n) is 4.41. The molecule has 1 aliphatic heterocycles. The second kappa shape index (κ2) is 4.32. The zero-order chi connectivity index (χ0) is 5.66. The van der Waals surface area contributed by atoms with Crippen molar-refractivity contribution in [3.8, 4) is 11.5 Å². The van der Waals surface area contributed by atoms with Crippen molar-refractivity contribution in [1.29, 1.82) is 0 Å². The summed E-state index contributed by atoms with van der Waals surface area (Å²) in [6.45, 7) is 0. The Bertz CT molecular complexity index is 138. The van der Waals surface area contributed by atoms with Gasteiger partial charge in [0.2, 0.25) is 0 Å². The minimum atomic E-state index is 0.976. The van der Waals surface area contributed by atoms with Gasteiger partial charge in [-0.3, -0.25) is 0 Å². The van der Waals surface area contributed by atoms with E-state index in [1.54, 1.807) is 0 Å². The fourth-order valence-corrected chi connectivity index (χ4v) is 9.98. The van der Waals surface area contributed by atoms with Crippen LogP contribution in [0.1, 0.15) is 6.42 Å². The quantitative estimate of drug-likeness (QED) is 0.329. The maximum atomic E-state index is 3.19. The highest BCUT2D eigenvalue weighted by Gasteiger charge is 1.82. The SMILES string of the molecule is C1#C[Si][Si][Si]#[Si]CC1. The van der Waals surface area contributed by atoms with Gasteiger partial charge in [0, 0.05) is 6.42 Å². The Morgan fingerprint density at radius 1 is 1.38 bits per heavy atom. The first-order valence-electron chi connectivity index (χ1n) is 2.46. The van der Waals surface area contributed by atoms with Gasteiger partial charge in [0.15, 0.2) is 0 Å². The van der Waals surface area contributed by atoms with Crippen LogP contribution in [0.4, 0.5) is 0 Å². The van der Waals surface area contributed by atoms with Crippen LogP contribution in [0.25, 0.3) is 0 Å². The molecule has 0 saturated heterocycles. The molecule has 0 unspecified atom stereocenters. The van der Waals surface area contributed by atoms with Gasteiger partial charge in [-0.1, -0.05) is 16.4 Å². The molecular weight excluding hydrogens is 160 g/mol. The van der Waals surface area contributed by atoms with Crippen LogP contribution in [0.15, 0.2) is 0 Å². The predicted molar refractivity (Wildman–Crippen MR) is 40.2 cm³/mol. The molecule has 36 valence electrons. The van der Waals surface area contributed by atoms with Crippen LogP contribution in [0.2, 0.25) is 6.04 Å². The van der Waals surface area contributed by atoms with Crippen LogP contribution in [-0.4, -0.2) is 33.9 Å². The highest BCUT2D eigenvalue weighted by Crippen LogP contribution is 1.79. The summed E-state index contributed by atoms with van der Waals surface area (Å²) in [5.74, 6) is 3.17. The highest BCUT2D eigenvalue weighted by molar-refractivity contribution is 7.32. The average molecular weight is 164 g/mol. The molecule has 0 aliphatic carbocycles. The van der Waals surface area contributed by atoms with Gasteiger partial charge >= 0.3 is 0 Å². The van der Waals surface area contributed by atoms with Gasteiger partial charge in [-0.15, -0.1) is 11.5 Å². The van der Waals surface area contributed by atoms with E-state index in [1.165, 1.54) is 37.4 Å². The molecule has 0 fully saturated rings. The van der Waals surface area contributed by atoms with E-state index in [9.17, 15) is 0 Å². The Kier molecular flexibility index (Phi) is 3.54. The lowest BCUT2D eigenvalue weighted by atomic mass is 10.5. The molecule has 0 aromatic heterocycles. The van der Waals surface area contributed by atoms with Crippen LogP contribution in [0, 0.1) is 11.5 Å². The smallest absolute Gasteiger partial charge is 0.138 e. The standard InChI is InChI=1S/C4H4Si4/c1-2-4-6-8-7-5-3-1/h1,3H2. The monoisotopic (exact) mass is 164 g/mol. The van der Waals surface area contributed by atoms with Gasteiger partial charge in [0.05, 0.1) is 8.55 Å². The molecule has 0 saturated carbocycles. The first-order valence-corrected chi connectivity index (χ1v) is 9.66. The van der Waals surface area contributed by atoms with Gasteiger partial charge in [0.1, 0.15) is 9.04 Å². The highest BCUT2D eigenvalue weighted by atomic mass is 29.6. The lowest BCUT2D eigenvalue weighted by molar-refractivity contribution is 1.27. The first-order chi connectivity index (χ1) is 4.00. The van der Waals surface area contributed by atoms with Gasteiger partial charge in [0.25, 0.3) is 0 Å². The Balaban J connectivity index is 2.40. The van der Waals surface area contributed by atoms with E-state index < -0.39 is 0 Å². The molecule has 0 atom stereocenters.